The van der Waals surface area contributed by atoms with E-state index in [1.54, 1.807) is 7.05 Å². The summed E-state index contributed by atoms with van der Waals surface area (Å²) in [5.41, 5.74) is 3.39. The lowest BCUT2D eigenvalue weighted by molar-refractivity contribution is -0.139. The van der Waals surface area contributed by atoms with Crippen LogP contribution >= 0.6 is 0 Å². The van der Waals surface area contributed by atoms with Gasteiger partial charge in [0.15, 0.2) is 0 Å². The number of rotatable bonds is 8. The van der Waals surface area contributed by atoms with Crippen LogP contribution in [0.3, 0.4) is 0 Å². The Morgan fingerprint density at radius 3 is 2.37 bits per heavy atom. The fraction of sp³-hybridized carbons (Fsp3) is 0.517. The van der Waals surface area contributed by atoms with E-state index in [9.17, 15) is 9.59 Å². The van der Waals surface area contributed by atoms with Crippen LogP contribution in [0.5, 0.6) is 0 Å². The van der Waals surface area contributed by atoms with E-state index in [2.05, 4.69) is 59.0 Å². The second kappa shape index (κ2) is 11.7. The first-order valence-corrected chi connectivity index (χ1v) is 13.2. The quantitative estimate of drug-likeness (QED) is 0.575. The maximum atomic E-state index is 14.0. The molecule has 2 aromatic carbocycles. The number of benzene rings is 2. The molecule has 2 amide bonds. The van der Waals surface area contributed by atoms with Crippen LogP contribution in [0.4, 0.5) is 11.4 Å². The lowest BCUT2D eigenvalue weighted by Gasteiger charge is -2.35. The Labute approximate surface area is 210 Å². The van der Waals surface area contributed by atoms with Gasteiger partial charge in [0, 0.05) is 25.0 Å². The molecule has 0 aromatic heterocycles. The number of carbonyl (C=O) groups is 2. The summed E-state index contributed by atoms with van der Waals surface area (Å²) in [5, 5.41) is 6.14. The molecule has 0 unspecified atom stereocenters. The first kappa shape index (κ1) is 25.2. The molecule has 0 bridgehead atoms. The summed E-state index contributed by atoms with van der Waals surface area (Å²) >= 11 is 0. The highest BCUT2D eigenvalue weighted by molar-refractivity contribution is 5.90. The van der Waals surface area contributed by atoms with Gasteiger partial charge in [0.05, 0.1) is 12.1 Å². The van der Waals surface area contributed by atoms with Crippen molar-refractivity contribution in [3.63, 3.8) is 0 Å². The molecule has 0 spiro atoms. The van der Waals surface area contributed by atoms with Gasteiger partial charge >= 0.3 is 0 Å². The van der Waals surface area contributed by atoms with Crippen LogP contribution in [0.25, 0.3) is 0 Å². The van der Waals surface area contributed by atoms with Crippen molar-refractivity contribution in [3.8, 4) is 0 Å². The zero-order chi connectivity index (χ0) is 24.8. The summed E-state index contributed by atoms with van der Waals surface area (Å²) < 4.78 is 0. The van der Waals surface area contributed by atoms with Crippen LogP contribution in [0.1, 0.15) is 63.5 Å². The molecule has 2 N–H and O–H groups in total. The lowest BCUT2D eigenvalue weighted by atomic mass is 9.83. The Kier molecular flexibility index (Phi) is 8.45. The molecular weight excluding hydrogens is 436 g/mol. The molecule has 2 aliphatic rings. The summed E-state index contributed by atoms with van der Waals surface area (Å²) in [4.78, 5) is 31.0. The summed E-state index contributed by atoms with van der Waals surface area (Å²) in [6, 6.07) is 18.1. The molecule has 6 nitrogen and oxygen atoms in total. The normalized spacial score (nSPS) is 20.3. The van der Waals surface area contributed by atoms with Crippen molar-refractivity contribution in [1.29, 1.82) is 0 Å². The number of para-hydroxylation sites is 1. The van der Waals surface area contributed by atoms with Crippen molar-refractivity contribution in [2.75, 3.05) is 25.5 Å². The molecule has 1 aliphatic heterocycles. The van der Waals surface area contributed by atoms with Gasteiger partial charge in [-0.15, -0.1) is 0 Å². The van der Waals surface area contributed by atoms with E-state index in [1.807, 2.05) is 30.0 Å². The Morgan fingerprint density at radius 2 is 1.66 bits per heavy atom. The van der Waals surface area contributed by atoms with Crippen LogP contribution in [0.2, 0.25) is 0 Å². The highest BCUT2D eigenvalue weighted by Gasteiger charge is 2.39. The fourth-order valence-electron chi connectivity index (χ4n) is 5.56. The molecule has 1 saturated heterocycles. The highest BCUT2D eigenvalue weighted by Crippen LogP contribution is 2.37. The van der Waals surface area contributed by atoms with Crippen molar-refractivity contribution >= 4 is 23.2 Å². The predicted molar refractivity (Wildman–Crippen MR) is 142 cm³/mol. The van der Waals surface area contributed by atoms with Gasteiger partial charge in [-0.05, 0) is 75.4 Å². The molecule has 0 radical (unpaired) electrons. The van der Waals surface area contributed by atoms with Gasteiger partial charge in [0.1, 0.15) is 6.04 Å². The Morgan fingerprint density at radius 1 is 0.943 bits per heavy atom. The minimum Gasteiger partial charge on any atom is -0.345 e. The molecular formula is C29H40N4O2. The number of hydrogen-bond acceptors (Lipinski definition) is 4. The molecule has 1 heterocycles. The summed E-state index contributed by atoms with van der Waals surface area (Å²) in [7, 11) is 3.85. The van der Waals surface area contributed by atoms with Crippen molar-refractivity contribution < 1.29 is 9.59 Å². The Bertz CT molecular complexity index is 989. The minimum atomic E-state index is -0.450. The third-order valence-electron chi connectivity index (χ3n) is 7.83. The number of likely N-dealkylation sites (tertiary alicyclic amines) is 1. The maximum Gasteiger partial charge on any atom is 0.245 e. The summed E-state index contributed by atoms with van der Waals surface area (Å²) in [5.74, 6) is 0.192. The first-order chi connectivity index (χ1) is 17.0. The standard InChI is InChI=1S/C29H40N4O2/c1-21(30-2)28(34)31-27(22-12-6-4-7-13-22)29(35)33-19-11-18-26(33)23-14-10-17-25(20-23)32(3)24-15-8-5-9-16-24/h5,8-10,14-17,20-22,26-27,30H,4,6-7,11-13,18-19H2,1-3H3,(H,31,34)/t21-,26+,27-/m0/s1. The van der Waals surface area contributed by atoms with Gasteiger partial charge in [0.25, 0.3) is 0 Å². The molecule has 2 fully saturated rings. The summed E-state index contributed by atoms with van der Waals surface area (Å²) in [6.45, 7) is 2.58. The smallest absolute Gasteiger partial charge is 0.245 e. The molecule has 35 heavy (non-hydrogen) atoms. The third kappa shape index (κ3) is 5.87. The number of nitrogens with one attached hydrogen (secondary N) is 2. The molecule has 6 heteroatoms. The van der Waals surface area contributed by atoms with Crippen LogP contribution in [0.15, 0.2) is 54.6 Å². The van der Waals surface area contributed by atoms with Crippen molar-refractivity contribution in [2.24, 2.45) is 5.92 Å². The van der Waals surface area contributed by atoms with Crippen molar-refractivity contribution in [1.82, 2.24) is 15.5 Å². The number of nitrogens with zero attached hydrogens (tertiary/aromatic N) is 2. The van der Waals surface area contributed by atoms with Gasteiger partial charge < -0.3 is 20.4 Å². The van der Waals surface area contributed by atoms with Gasteiger partial charge in [-0.2, -0.15) is 0 Å². The SMILES string of the molecule is CN[C@@H](C)C(=O)N[C@H](C(=O)N1CCC[C@@H]1c1cccc(N(C)c2ccccc2)c1)C1CCCCC1. The third-order valence-corrected chi connectivity index (χ3v) is 7.83. The van der Waals surface area contributed by atoms with Crippen LogP contribution in [0, 0.1) is 5.92 Å². The van der Waals surface area contributed by atoms with Crippen LogP contribution in [-0.4, -0.2) is 49.4 Å². The minimum absolute atomic E-state index is 0.0383. The van der Waals surface area contributed by atoms with Crippen LogP contribution < -0.4 is 15.5 Å². The average Bonchev–Trinajstić information content (AvgIpc) is 3.41. The molecule has 3 atom stereocenters. The average molecular weight is 477 g/mol. The maximum absolute atomic E-state index is 14.0. The van der Waals surface area contributed by atoms with E-state index < -0.39 is 6.04 Å². The van der Waals surface area contributed by atoms with E-state index in [0.717, 1.165) is 62.0 Å². The first-order valence-electron chi connectivity index (χ1n) is 13.2. The molecule has 1 saturated carbocycles. The van der Waals surface area contributed by atoms with Crippen molar-refractivity contribution in [3.05, 3.63) is 60.2 Å². The Hall–Kier alpha value is -2.86. The summed E-state index contributed by atoms with van der Waals surface area (Å²) in [6.07, 6.45) is 7.40. The van der Waals surface area contributed by atoms with Gasteiger partial charge in [0.2, 0.25) is 11.8 Å². The van der Waals surface area contributed by atoms with Crippen molar-refractivity contribution in [2.45, 2.75) is 70.0 Å². The number of amides is 2. The predicted octanol–water partition coefficient (Wildman–Crippen LogP) is 4.79. The van der Waals surface area contributed by atoms with Crippen LogP contribution in [-0.2, 0) is 9.59 Å². The Balaban J connectivity index is 1.56. The number of anilines is 2. The highest BCUT2D eigenvalue weighted by atomic mass is 16.2. The van der Waals surface area contributed by atoms with E-state index >= 15 is 0 Å². The lowest BCUT2D eigenvalue weighted by Crippen LogP contribution is -2.55. The van der Waals surface area contributed by atoms with E-state index in [-0.39, 0.29) is 29.8 Å². The second-order valence-electron chi connectivity index (χ2n) is 10.1. The number of hydrogen-bond donors (Lipinski definition) is 2. The second-order valence-corrected chi connectivity index (χ2v) is 10.1. The fourth-order valence-corrected chi connectivity index (χ4v) is 5.56. The van der Waals surface area contributed by atoms with E-state index in [4.69, 9.17) is 0 Å². The zero-order valence-corrected chi connectivity index (χ0v) is 21.4. The monoisotopic (exact) mass is 476 g/mol. The van der Waals surface area contributed by atoms with Gasteiger partial charge in [-0.1, -0.05) is 49.6 Å². The van der Waals surface area contributed by atoms with Gasteiger partial charge in [-0.3, -0.25) is 9.59 Å². The molecule has 1 aliphatic carbocycles. The zero-order valence-electron chi connectivity index (χ0n) is 21.4. The molecule has 4 rings (SSSR count). The molecule has 188 valence electrons. The van der Waals surface area contributed by atoms with E-state index in [1.165, 1.54) is 6.42 Å². The topological polar surface area (TPSA) is 64.7 Å². The number of likely N-dealkylation sites (N-methyl/N-ethyl adjacent to an activating group) is 1. The largest absolute Gasteiger partial charge is 0.345 e. The molecule has 2 aromatic rings. The van der Waals surface area contributed by atoms with E-state index in [0.29, 0.717) is 0 Å². The number of carbonyl (C=O) groups excluding carboxylic acids is 2. The van der Waals surface area contributed by atoms with Gasteiger partial charge in [-0.25, -0.2) is 0 Å².